The SMILES string of the molecule is CC(C)c1ccc([C@H]2NC(=O)c3c(sc4c3CC[NH+](C(C)C)C4)N2)cc1. The number of hydrogen-bond donors (Lipinski definition) is 3. The van der Waals surface area contributed by atoms with Crippen LogP contribution in [0.1, 0.15) is 71.7 Å². The lowest BCUT2D eigenvalue weighted by Gasteiger charge is -2.28. The number of anilines is 1. The van der Waals surface area contributed by atoms with E-state index in [1.165, 1.54) is 16.0 Å². The van der Waals surface area contributed by atoms with Crippen molar-refractivity contribution >= 4 is 22.2 Å². The second-order valence-electron chi connectivity index (χ2n) is 8.07. The van der Waals surface area contributed by atoms with Crippen molar-refractivity contribution in [2.24, 2.45) is 0 Å². The summed E-state index contributed by atoms with van der Waals surface area (Å²) >= 11 is 1.78. The first-order chi connectivity index (χ1) is 12.4. The molecule has 2 atom stereocenters. The monoisotopic (exact) mass is 370 g/mol. The number of hydrogen-bond acceptors (Lipinski definition) is 3. The Bertz CT molecular complexity index is 823. The zero-order valence-electron chi connectivity index (χ0n) is 16.0. The standard InChI is InChI=1S/C21H27N3OS/c1-12(2)14-5-7-15(8-6-14)19-22-20(25)18-16-9-10-24(13(3)4)11-17(16)26-21(18)23-19/h5-8,12-13,19,23H,9-11H2,1-4H3,(H,22,25)/p+1/t19-/m0/s1. The largest absolute Gasteiger partial charge is 0.353 e. The number of quaternary nitrogens is 1. The van der Waals surface area contributed by atoms with E-state index in [1.807, 2.05) is 0 Å². The molecule has 0 radical (unpaired) electrons. The van der Waals surface area contributed by atoms with E-state index in [-0.39, 0.29) is 12.1 Å². The molecule has 1 amide bonds. The maximum atomic E-state index is 12.8. The second-order valence-corrected chi connectivity index (χ2v) is 9.17. The summed E-state index contributed by atoms with van der Waals surface area (Å²) in [6.07, 6.45) is 0.849. The summed E-state index contributed by atoms with van der Waals surface area (Å²) in [5.74, 6) is 0.585. The Hall–Kier alpha value is -1.85. The fourth-order valence-electron chi connectivity index (χ4n) is 3.94. The van der Waals surface area contributed by atoms with Gasteiger partial charge in [0.2, 0.25) is 0 Å². The summed E-state index contributed by atoms with van der Waals surface area (Å²) in [7, 11) is 0. The molecule has 2 aliphatic rings. The van der Waals surface area contributed by atoms with Crippen LogP contribution < -0.4 is 15.5 Å². The summed E-state index contributed by atoms with van der Waals surface area (Å²) in [6, 6.07) is 9.18. The molecule has 1 aromatic heterocycles. The molecule has 3 N–H and O–H groups in total. The van der Waals surface area contributed by atoms with Gasteiger partial charge in [-0.15, -0.1) is 11.3 Å². The smallest absolute Gasteiger partial charge is 0.256 e. The first-order valence-corrected chi connectivity index (χ1v) is 10.4. The third-order valence-corrected chi connectivity index (χ3v) is 6.87. The van der Waals surface area contributed by atoms with Crippen molar-refractivity contribution < 1.29 is 9.69 Å². The van der Waals surface area contributed by atoms with Gasteiger partial charge in [-0.1, -0.05) is 38.1 Å². The van der Waals surface area contributed by atoms with E-state index in [0.717, 1.165) is 35.6 Å². The van der Waals surface area contributed by atoms with Gasteiger partial charge in [0.15, 0.2) is 0 Å². The highest BCUT2D eigenvalue weighted by atomic mass is 32.1. The molecule has 5 heteroatoms. The van der Waals surface area contributed by atoms with Gasteiger partial charge < -0.3 is 15.5 Å². The number of nitrogens with one attached hydrogen (secondary N) is 3. The van der Waals surface area contributed by atoms with Crippen LogP contribution in [0.2, 0.25) is 0 Å². The van der Waals surface area contributed by atoms with E-state index in [0.29, 0.717) is 12.0 Å². The minimum Gasteiger partial charge on any atom is -0.353 e. The Labute approximate surface area is 159 Å². The van der Waals surface area contributed by atoms with Crippen LogP contribution in [0.3, 0.4) is 0 Å². The van der Waals surface area contributed by atoms with Crippen molar-refractivity contribution in [3.63, 3.8) is 0 Å². The number of rotatable bonds is 3. The van der Waals surface area contributed by atoms with Gasteiger partial charge in [-0.3, -0.25) is 4.79 Å². The molecule has 0 saturated carbocycles. The third kappa shape index (κ3) is 3.03. The first kappa shape index (κ1) is 17.6. The molecular formula is C21H28N3OS+. The highest BCUT2D eigenvalue weighted by molar-refractivity contribution is 7.16. The molecule has 1 unspecified atom stereocenters. The Morgan fingerprint density at radius 3 is 2.50 bits per heavy atom. The molecule has 0 fully saturated rings. The Balaban J connectivity index is 1.60. The van der Waals surface area contributed by atoms with Crippen LogP contribution in [-0.2, 0) is 13.0 Å². The molecule has 26 heavy (non-hydrogen) atoms. The lowest BCUT2D eigenvalue weighted by Crippen LogP contribution is -3.14. The lowest BCUT2D eigenvalue weighted by molar-refractivity contribution is -0.936. The van der Waals surface area contributed by atoms with E-state index in [2.05, 4.69) is 62.6 Å². The lowest BCUT2D eigenvalue weighted by atomic mass is 9.98. The number of carbonyl (C=O) groups excluding carboxylic acids is 1. The Kier molecular flexibility index (Phi) is 4.53. The summed E-state index contributed by atoms with van der Waals surface area (Å²) < 4.78 is 0. The van der Waals surface area contributed by atoms with Crippen molar-refractivity contribution in [3.05, 3.63) is 51.4 Å². The van der Waals surface area contributed by atoms with E-state index in [9.17, 15) is 4.79 Å². The van der Waals surface area contributed by atoms with Crippen LogP contribution in [-0.4, -0.2) is 18.5 Å². The number of carbonyl (C=O) groups is 1. The van der Waals surface area contributed by atoms with Crippen LogP contribution in [0, 0.1) is 0 Å². The van der Waals surface area contributed by atoms with Gasteiger partial charge in [-0.2, -0.15) is 0 Å². The summed E-state index contributed by atoms with van der Waals surface area (Å²) in [5, 5.41) is 7.77. The minimum atomic E-state index is -0.148. The van der Waals surface area contributed by atoms with Gasteiger partial charge >= 0.3 is 0 Å². The first-order valence-electron chi connectivity index (χ1n) is 9.60. The molecule has 2 aliphatic heterocycles. The van der Waals surface area contributed by atoms with E-state index in [4.69, 9.17) is 0 Å². The predicted octanol–water partition coefficient (Wildman–Crippen LogP) is 3.08. The fraction of sp³-hybridized carbons (Fsp3) is 0.476. The molecule has 3 heterocycles. The molecular weight excluding hydrogens is 342 g/mol. The second kappa shape index (κ2) is 6.71. The average molecular weight is 371 g/mol. The zero-order valence-corrected chi connectivity index (χ0v) is 16.8. The zero-order chi connectivity index (χ0) is 18.4. The normalized spacial score (nSPS) is 22.0. The van der Waals surface area contributed by atoms with E-state index < -0.39 is 0 Å². The summed E-state index contributed by atoms with van der Waals surface area (Å²) in [6.45, 7) is 11.1. The van der Waals surface area contributed by atoms with Gasteiger partial charge in [0.1, 0.15) is 17.7 Å². The molecule has 0 bridgehead atoms. The molecule has 2 aromatic rings. The maximum absolute atomic E-state index is 12.8. The fourth-order valence-corrected chi connectivity index (χ4v) is 5.27. The van der Waals surface area contributed by atoms with Crippen molar-refractivity contribution in [2.45, 2.75) is 58.8 Å². The number of fused-ring (bicyclic) bond motifs is 3. The van der Waals surface area contributed by atoms with Crippen molar-refractivity contribution in [1.82, 2.24) is 5.32 Å². The minimum absolute atomic E-state index is 0.0715. The van der Waals surface area contributed by atoms with Gasteiger partial charge in [0.05, 0.1) is 23.0 Å². The molecule has 1 aromatic carbocycles. The van der Waals surface area contributed by atoms with Crippen molar-refractivity contribution in [2.75, 3.05) is 11.9 Å². The van der Waals surface area contributed by atoms with Gasteiger partial charge in [0, 0.05) is 6.42 Å². The molecule has 0 spiro atoms. The van der Waals surface area contributed by atoms with Crippen LogP contribution in [0.5, 0.6) is 0 Å². The van der Waals surface area contributed by atoms with E-state index in [1.54, 1.807) is 16.2 Å². The van der Waals surface area contributed by atoms with Crippen molar-refractivity contribution in [3.8, 4) is 0 Å². The quantitative estimate of drug-likeness (QED) is 0.778. The molecule has 138 valence electrons. The van der Waals surface area contributed by atoms with Gasteiger partial charge in [-0.05, 0) is 36.5 Å². The molecule has 4 nitrogen and oxygen atoms in total. The average Bonchev–Trinajstić information content (AvgIpc) is 2.99. The highest BCUT2D eigenvalue weighted by Crippen LogP contribution is 2.39. The maximum Gasteiger partial charge on any atom is 0.256 e. The molecule has 4 rings (SSSR count). The third-order valence-electron chi connectivity index (χ3n) is 5.71. The number of benzene rings is 1. The number of amides is 1. The molecule has 0 saturated heterocycles. The van der Waals surface area contributed by atoms with Crippen LogP contribution >= 0.6 is 11.3 Å². The van der Waals surface area contributed by atoms with Gasteiger partial charge in [0.25, 0.3) is 5.91 Å². The molecule has 0 aliphatic carbocycles. The number of thiophene rings is 1. The Morgan fingerprint density at radius 2 is 1.85 bits per heavy atom. The summed E-state index contributed by atoms with van der Waals surface area (Å²) in [4.78, 5) is 15.8. The van der Waals surface area contributed by atoms with Crippen LogP contribution in [0.25, 0.3) is 0 Å². The van der Waals surface area contributed by atoms with Crippen LogP contribution in [0.4, 0.5) is 5.00 Å². The highest BCUT2D eigenvalue weighted by Gasteiger charge is 2.35. The van der Waals surface area contributed by atoms with Crippen LogP contribution in [0.15, 0.2) is 24.3 Å². The van der Waals surface area contributed by atoms with Gasteiger partial charge in [-0.25, -0.2) is 0 Å². The Morgan fingerprint density at radius 1 is 1.12 bits per heavy atom. The van der Waals surface area contributed by atoms with Crippen molar-refractivity contribution in [1.29, 1.82) is 0 Å². The predicted molar refractivity (Wildman–Crippen MR) is 107 cm³/mol. The summed E-state index contributed by atoms with van der Waals surface area (Å²) in [5.41, 5.74) is 4.59. The van der Waals surface area contributed by atoms with E-state index >= 15 is 0 Å². The topological polar surface area (TPSA) is 45.6 Å².